The van der Waals surface area contributed by atoms with E-state index in [0.29, 0.717) is 0 Å². The summed E-state index contributed by atoms with van der Waals surface area (Å²) in [5.74, 6) is 0.774. The quantitative estimate of drug-likeness (QED) is 0.761. The fraction of sp³-hybridized carbons (Fsp3) is 0.455. The largest absolute Gasteiger partial charge is 0.496 e. The molecule has 14 heavy (non-hydrogen) atoms. The Balaban J connectivity index is 3.22. The highest BCUT2D eigenvalue weighted by atomic mass is 16.5. The van der Waals surface area contributed by atoms with Crippen LogP contribution in [-0.2, 0) is 5.60 Å². The van der Waals surface area contributed by atoms with Crippen molar-refractivity contribution in [2.45, 2.75) is 19.4 Å². The molecule has 3 nitrogen and oxygen atoms in total. The maximum atomic E-state index is 10.0. The number of aliphatic hydroxyl groups is 1. The van der Waals surface area contributed by atoms with E-state index in [4.69, 9.17) is 10.5 Å². The van der Waals surface area contributed by atoms with Crippen LogP contribution in [0.5, 0.6) is 5.75 Å². The van der Waals surface area contributed by atoms with Crippen LogP contribution in [-0.4, -0.2) is 18.8 Å². The molecule has 78 valence electrons. The van der Waals surface area contributed by atoms with E-state index in [0.717, 1.165) is 16.9 Å². The molecule has 0 bridgehead atoms. The first-order chi connectivity index (χ1) is 6.53. The Morgan fingerprint density at radius 3 is 2.64 bits per heavy atom. The minimum atomic E-state index is -0.987. The van der Waals surface area contributed by atoms with E-state index in [2.05, 4.69) is 0 Å². The predicted octanol–water partition coefficient (Wildman–Crippen LogP) is 1.17. The molecule has 0 radical (unpaired) electrons. The molecule has 1 rings (SSSR count). The fourth-order valence-electron chi connectivity index (χ4n) is 1.53. The molecule has 0 saturated heterocycles. The summed E-state index contributed by atoms with van der Waals surface area (Å²) in [7, 11) is 1.61. The second-order valence-electron chi connectivity index (χ2n) is 3.61. The molecule has 0 amide bonds. The monoisotopic (exact) mass is 195 g/mol. The van der Waals surface area contributed by atoms with Crippen molar-refractivity contribution >= 4 is 0 Å². The Bertz CT molecular complexity index is 321. The van der Waals surface area contributed by atoms with Crippen LogP contribution >= 0.6 is 0 Å². The summed E-state index contributed by atoms with van der Waals surface area (Å²) in [6.45, 7) is 3.81. The molecule has 1 atom stereocenters. The zero-order valence-electron chi connectivity index (χ0n) is 8.87. The van der Waals surface area contributed by atoms with Gasteiger partial charge in [-0.2, -0.15) is 0 Å². The van der Waals surface area contributed by atoms with Crippen molar-refractivity contribution in [2.75, 3.05) is 13.7 Å². The maximum absolute atomic E-state index is 10.0. The molecule has 0 aliphatic heterocycles. The van der Waals surface area contributed by atoms with Gasteiger partial charge >= 0.3 is 0 Å². The van der Waals surface area contributed by atoms with Crippen LogP contribution in [0.25, 0.3) is 0 Å². The van der Waals surface area contributed by atoms with E-state index in [9.17, 15) is 5.11 Å². The minimum absolute atomic E-state index is 0.195. The van der Waals surface area contributed by atoms with Crippen LogP contribution in [0.3, 0.4) is 0 Å². The zero-order chi connectivity index (χ0) is 10.8. The van der Waals surface area contributed by atoms with Gasteiger partial charge in [-0.25, -0.2) is 0 Å². The summed E-state index contributed by atoms with van der Waals surface area (Å²) >= 11 is 0. The fourth-order valence-corrected chi connectivity index (χ4v) is 1.53. The highest BCUT2D eigenvalue weighted by Gasteiger charge is 2.23. The smallest absolute Gasteiger partial charge is 0.122 e. The third-order valence-electron chi connectivity index (χ3n) is 2.48. The molecular formula is C11H17NO2. The van der Waals surface area contributed by atoms with Crippen LogP contribution < -0.4 is 10.5 Å². The van der Waals surface area contributed by atoms with Crippen molar-refractivity contribution in [3.8, 4) is 5.75 Å². The van der Waals surface area contributed by atoms with Crippen LogP contribution in [0.2, 0.25) is 0 Å². The molecule has 0 fully saturated rings. The number of hydrogen-bond donors (Lipinski definition) is 2. The summed E-state index contributed by atoms with van der Waals surface area (Å²) in [6, 6.07) is 5.58. The second-order valence-corrected chi connectivity index (χ2v) is 3.61. The predicted molar refractivity (Wildman–Crippen MR) is 56.4 cm³/mol. The highest BCUT2D eigenvalue weighted by Crippen LogP contribution is 2.28. The van der Waals surface area contributed by atoms with Gasteiger partial charge in [0.05, 0.1) is 12.7 Å². The van der Waals surface area contributed by atoms with Gasteiger partial charge in [0.1, 0.15) is 5.75 Å². The van der Waals surface area contributed by atoms with Crippen LogP contribution in [0, 0.1) is 6.92 Å². The minimum Gasteiger partial charge on any atom is -0.496 e. The zero-order valence-corrected chi connectivity index (χ0v) is 8.87. The van der Waals surface area contributed by atoms with Crippen molar-refractivity contribution < 1.29 is 9.84 Å². The third kappa shape index (κ3) is 1.89. The third-order valence-corrected chi connectivity index (χ3v) is 2.48. The Kier molecular flexibility index (Phi) is 3.13. The lowest BCUT2D eigenvalue weighted by atomic mass is 9.92. The van der Waals surface area contributed by atoms with Crippen molar-refractivity contribution in [3.63, 3.8) is 0 Å². The summed E-state index contributed by atoms with van der Waals surface area (Å²) in [4.78, 5) is 0. The van der Waals surface area contributed by atoms with Gasteiger partial charge in [-0.15, -0.1) is 0 Å². The molecule has 0 aliphatic rings. The SMILES string of the molecule is COc1cccc(C(C)(O)CN)c1C. The van der Waals surface area contributed by atoms with E-state index < -0.39 is 5.60 Å². The van der Waals surface area contributed by atoms with Gasteiger partial charge in [-0.3, -0.25) is 0 Å². The van der Waals surface area contributed by atoms with Gasteiger partial charge in [0.2, 0.25) is 0 Å². The maximum Gasteiger partial charge on any atom is 0.122 e. The van der Waals surface area contributed by atoms with Crippen molar-refractivity contribution in [2.24, 2.45) is 5.73 Å². The molecule has 1 unspecified atom stereocenters. The number of ether oxygens (including phenoxy) is 1. The summed E-state index contributed by atoms with van der Waals surface area (Å²) in [6.07, 6.45) is 0. The molecule has 0 heterocycles. The summed E-state index contributed by atoms with van der Waals surface area (Å²) < 4.78 is 5.17. The summed E-state index contributed by atoms with van der Waals surface area (Å²) in [5.41, 5.74) is 6.27. The molecule has 0 aromatic heterocycles. The Hall–Kier alpha value is -1.06. The first-order valence-electron chi connectivity index (χ1n) is 4.59. The van der Waals surface area contributed by atoms with Gasteiger partial charge in [0.25, 0.3) is 0 Å². The molecule has 3 N–H and O–H groups in total. The van der Waals surface area contributed by atoms with Crippen molar-refractivity contribution in [1.29, 1.82) is 0 Å². The lowest BCUT2D eigenvalue weighted by Gasteiger charge is -2.24. The average molecular weight is 195 g/mol. The average Bonchev–Trinajstić information content (AvgIpc) is 2.18. The van der Waals surface area contributed by atoms with Gasteiger partial charge in [-0.05, 0) is 31.0 Å². The van der Waals surface area contributed by atoms with Crippen LogP contribution in [0.1, 0.15) is 18.1 Å². The number of nitrogens with two attached hydrogens (primary N) is 1. The number of rotatable bonds is 3. The molecular weight excluding hydrogens is 178 g/mol. The van der Waals surface area contributed by atoms with E-state index in [1.165, 1.54) is 0 Å². The first-order valence-corrected chi connectivity index (χ1v) is 4.59. The Morgan fingerprint density at radius 2 is 2.14 bits per heavy atom. The Labute approximate surface area is 84.5 Å². The molecule has 0 spiro atoms. The van der Waals surface area contributed by atoms with Gasteiger partial charge in [-0.1, -0.05) is 12.1 Å². The molecule has 1 aromatic rings. The van der Waals surface area contributed by atoms with Gasteiger partial charge in [0, 0.05) is 6.54 Å². The molecule has 0 saturated carbocycles. The van der Waals surface area contributed by atoms with Gasteiger partial charge in [0.15, 0.2) is 0 Å². The lowest BCUT2D eigenvalue weighted by Crippen LogP contribution is -2.32. The summed E-state index contributed by atoms with van der Waals surface area (Å²) in [5, 5.41) is 10.0. The first kappa shape index (κ1) is 11.0. The van der Waals surface area contributed by atoms with E-state index in [1.807, 2.05) is 25.1 Å². The Morgan fingerprint density at radius 1 is 1.50 bits per heavy atom. The number of hydrogen-bond acceptors (Lipinski definition) is 3. The molecule has 3 heteroatoms. The number of methoxy groups -OCH3 is 1. The van der Waals surface area contributed by atoms with Crippen molar-refractivity contribution in [3.05, 3.63) is 29.3 Å². The van der Waals surface area contributed by atoms with Gasteiger partial charge < -0.3 is 15.6 Å². The molecule has 1 aromatic carbocycles. The normalized spacial score (nSPS) is 14.9. The van der Waals surface area contributed by atoms with Crippen LogP contribution in [0.4, 0.5) is 0 Å². The van der Waals surface area contributed by atoms with E-state index >= 15 is 0 Å². The molecule has 0 aliphatic carbocycles. The van der Waals surface area contributed by atoms with E-state index in [-0.39, 0.29) is 6.54 Å². The lowest BCUT2D eigenvalue weighted by molar-refractivity contribution is 0.0659. The topological polar surface area (TPSA) is 55.5 Å². The standard InChI is InChI=1S/C11H17NO2/c1-8-9(11(2,13)7-12)5-4-6-10(8)14-3/h4-6,13H,7,12H2,1-3H3. The number of benzene rings is 1. The second kappa shape index (κ2) is 3.98. The van der Waals surface area contributed by atoms with E-state index in [1.54, 1.807) is 14.0 Å². The van der Waals surface area contributed by atoms with Crippen LogP contribution in [0.15, 0.2) is 18.2 Å². The highest BCUT2D eigenvalue weighted by molar-refractivity contribution is 5.42. The van der Waals surface area contributed by atoms with Crippen molar-refractivity contribution in [1.82, 2.24) is 0 Å².